The topological polar surface area (TPSA) is 92.5 Å². The highest BCUT2D eigenvalue weighted by Gasteiger charge is 2.35. The molecule has 2 aliphatic carbocycles. The Morgan fingerprint density at radius 2 is 1.06 bits per heavy atom. The second kappa shape index (κ2) is 5.00. The van der Waals surface area contributed by atoms with Crippen LogP contribution in [-0.4, -0.2) is 34.5 Å². The summed E-state index contributed by atoms with van der Waals surface area (Å²) in [5.41, 5.74) is 11.8. The summed E-state index contributed by atoms with van der Waals surface area (Å²) in [6.45, 7) is 0. The Bertz CT molecular complexity index is 213. The molecule has 6 atom stereocenters. The van der Waals surface area contributed by atoms with E-state index in [1.54, 1.807) is 0 Å². The monoisotopic (exact) mass is 228 g/mol. The predicted molar refractivity (Wildman–Crippen MR) is 62.6 cm³/mol. The van der Waals surface area contributed by atoms with Crippen molar-refractivity contribution in [2.45, 2.75) is 62.8 Å². The Morgan fingerprint density at radius 1 is 0.688 bits per heavy atom. The van der Waals surface area contributed by atoms with Crippen LogP contribution in [0.3, 0.4) is 0 Å². The standard InChI is InChI=1S/C12H24N2O2/c13-9-5-7(1-3-11(9)15)8-2-4-12(16)10(14)6-8/h7-12,15-16H,1-6,13-14H2. The molecule has 0 saturated heterocycles. The van der Waals surface area contributed by atoms with E-state index >= 15 is 0 Å². The predicted octanol–water partition coefficient (Wildman–Crippen LogP) is -0.0370. The molecule has 0 spiro atoms. The molecule has 0 aromatic carbocycles. The van der Waals surface area contributed by atoms with E-state index in [0.29, 0.717) is 11.8 Å². The van der Waals surface area contributed by atoms with Crippen molar-refractivity contribution in [1.29, 1.82) is 0 Å². The van der Waals surface area contributed by atoms with Gasteiger partial charge in [-0.1, -0.05) is 0 Å². The van der Waals surface area contributed by atoms with Crippen molar-refractivity contribution in [3.05, 3.63) is 0 Å². The first-order valence-corrected chi connectivity index (χ1v) is 6.45. The van der Waals surface area contributed by atoms with E-state index in [1.807, 2.05) is 0 Å². The third kappa shape index (κ3) is 2.56. The van der Waals surface area contributed by atoms with Gasteiger partial charge in [0, 0.05) is 12.1 Å². The molecule has 0 aliphatic heterocycles. The first-order chi connectivity index (χ1) is 7.58. The van der Waals surface area contributed by atoms with E-state index in [-0.39, 0.29) is 24.3 Å². The molecule has 94 valence electrons. The Kier molecular flexibility index (Phi) is 3.85. The molecule has 2 fully saturated rings. The van der Waals surface area contributed by atoms with Gasteiger partial charge in [-0.05, 0) is 50.4 Å². The minimum absolute atomic E-state index is 0.0678. The van der Waals surface area contributed by atoms with Crippen molar-refractivity contribution in [1.82, 2.24) is 0 Å². The van der Waals surface area contributed by atoms with Gasteiger partial charge in [-0.25, -0.2) is 0 Å². The molecule has 6 N–H and O–H groups in total. The summed E-state index contributed by atoms with van der Waals surface area (Å²) in [5.74, 6) is 1.19. The van der Waals surface area contributed by atoms with Gasteiger partial charge >= 0.3 is 0 Å². The van der Waals surface area contributed by atoms with Crippen molar-refractivity contribution in [3.63, 3.8) is 0 Å². The van der Waals surface area contributed by atoms with Crippen molar-refractivity contribution < 1.29 is 10.2 Å². The van der Waals surface area contributed by atoms with Gasteiger partial charge in [0.05, 0.1) is 12.2 Å². The fourth-order valence-corrected chi connectivity index (χ4v) is 3.30. The molecule has 6 unspecified atom stereocenters. The van der Waals surface area contributed by atoms with E-state index in [0.717, 1.165) is 38.5 Å². The van der Waals surface area contributed by atoms with Crippen molar-refractivity contribution >= 4 is 0 Å². The number of nitrogens with two attached hydrogens (primary N) is 2. The van der Waals surface area contributed by atoms with E-state index in [9.17, 15) is 10.2 Å². The molecule has 4 heteroatoms. The van der Waals surface area contributed by atoms with Gasteiger partial charge < -0.3 is 21.7 Å². The second-order valence-electron chi connectivity index (χ2n) is 5.61. The second-order valence-corrected chi connectivity index (χ2v) is 5.61. The lowest BCUT2D eigenvalue weighted by atomic mass is 9.70. The lowest BCUT2D eigenvalue weighted by Crippen LogP contribution is -2.46. The lowest BCUT2D eigenvalue weighted by Gasteiger charge is -2.40. The molecular formula is C12H24N2O2. The van der Waals surface area contributed by atoms with Crippen LogP contribution in [0.5, 0.6) is 0 Å². The zero-order chi connectivity index (χ0) is 11.7. The fourth-order valence-electron chi connectivity index (χ4n) is 3.30. The summed E-state index contributed by atoms with van der Waals surface area (Å²) in [5, 5.41) is 19.2. The van der Waals surface area contributed by atoms with E-state index in [4.69, 9.17) is 11.5 Å². The van der Waals surface area contributed by atoms with Crippen LogP contribution in [-0.2, 0) is 0 Å². The third-order valence-electron chi connectivity index (χ3n) is 4.47. The third-order valence-corrected chi connectivity index (χ3v) is 4.47. The van der Waals surface area contributed by atoms with Gasteiger partial charge in [0.15, 0.2) is 0 Å². The van der Waals surface area contributed by atoms with Crippen LogP contribution >= 0.6 is 0 Å². The molecule has 0 heterocycles. The highest BCUT2D eigenvalue weighted by Crippen LogP contribution is 2.37. The van der Waals surface area contributed by atoms with Crippen LogP contribution in [0.15, 0.2) is 0 Å². The normalized spacial score (nSPS) is 50.2. The minimum atomic E-state index is -0.320. The molecule has 0 aromatic heterocycles. The molecule has 0 radical (unpaired) electrons. The van der Waals surface area contributed by atoms with Crippen molar-refractivity contribution in [2.24, 2.45) is 23.3 Å². The maximum absolute atomic E-state index is 9.60. The number of aliphatic hydroxyl groups is 2. The number of hydrogen-bond donors (Lipinski definition) is 4. The van der Waals surface area contributed by atoms with Gasteiger partial charge in [0.1, 0.15) is 0 Å². The summed E-state index contributed by atoms with van der Waals surface area (Å²) < 4.78 is 0. The van der Waals surface area contributed by atoms with Gasteiger partial charge in [-0.15, -0.1) is 0 Å². The zero-order valence-corrected chi connectivity index (χ0v) is 9.76. The maximum atomic E-state index is 9.60. The highest BCUT2D eigenvalue weighted by atomic mass is 16.3. The van der Waals surface area contributed by atoms with Crippen LogP contribution in [0, 0.1) is 11.8 Å². The smallest absolute Gasteiger partial charge is 0.0691 e. The maximum Gasteiger partial charge on any atom is 0.0691 e. The lowest BCUT2D eigenvalue weighted by molar-refractivity contribution is 0.0337. The minimum Gasteiger partial charge on any atom is -0.392 e. The SMILES string of the molecule is NC1CC(C2CCC(O)C(N)C2)CCC1O. The van der Waals surface area contributed by atoms with Gasteiger partial charge in [-0.2, -0.15) is 0 Å². The Balaban J connectivity index is 1.88. The van der Waals surface area contributed by atoms with Crippen LogP contribution in [0.1, 0.15) is 38.5 Å². The molecule has 0 amide bonds. The molecule has 4 nitrogen and oxygen atoms in total. The first-order valence-electron chi connectivity index (χ1n) is 6.45. The molecule has 0 aromatic rings. The summed E-state index contributed by atoms with van der Waals surface area (Å²) in [7, 11) is 0. The average molecular weight is 228 g/mol. The van der Waals surface area contributed by atoms with E-state index < -0.39 is 0 Å². The van der Waals surface area contributed by atoms with Crippen molar-refractivity contribution in [3.8, 4) is 0 Å². The summed E-state index contributed by atoms with van der Waals surface area (Å²) in [6.07, 6.45) is 4.94. The Morgan fingerprint density at radius 3 is 1.38 bits per heavy atom. The quantitative estimate of drug-likeness (QED) is 0.507. The van der Waals surface area contributed by atoms with Crippen molar-refractivity contribution in [2.75, 3.05) is 0 Å². The van der Waals surface area contributed by atoms with Crippen LogP contribution < -0.4 is 11.5 Å². The summed E-state index contributed by atoms with van der Waals surface area (Å²) >= 11 is 0. The van der Waals surface area contributed by atoms with Crippen LogP contribution in [0.4, 0.5) is 0 Å². The molecule has 16 heavy (non-hydrogen) atoms. The highest BCUT2D eigenvalue weighted by molar-refractivity contribution is 4.90. The summed E-state index contributed by atoms with van der Waals surface area (Å²) in [6, 6.07) is -0.136. The summed E-state index contributed by atoms with van der Waals surface area (Å²) in [4.78, 5) is 0. The molecule has 2 rings (SSSR count). The first kappa shape index (κ1) is 12.3. The van der Waals surface area contributed by atoms with Crippen LogP contribution in [0.2, 0.25) is 0 Å². The average Bonchev–Trinajstić information content (AvgIpc) is 2.26. The Hall–Kier alpha value is -0.160. The number of hydrogen-bond acceptors (Lipinski definition) is 4. The largest absolute Gasteiger partial charge is 0.392 e. The van der Waals surface area contributed by atoms with Gasteiger partial charge in [0.25, 0.3) is 0 Å². The molecular weight excluding hydrogens is 204 g/mol. The van der Waals surface area contributed by atoms with Gasteiger partial charge in [-0.3, -0.25) is 0 Å². The van der Waals surface area contributed by atoms with Crippen LogP contribution in [0.25, 0.3) is 0 Å². The van der Waals surface area contributed by atoms with Gasteiger partial charge in [0.2, 0.25) is 0 Å². The number of rotatable bonds is 1. The molecule has 2 saturated carbocycles. The fraction of sp³-hybridized carbons (Fsp3) is 1.00. The number of aliphatic hydroxyl groups excluding tert-OH is 2. The molecule has 2 aliphatic rings. The Labute approximate surface area is 97.0 Å². The van der Waals surface area contributed by atoms with E-state index in [1.165, 1.54) is 0 Å². The molecule has 0 bridgehead atoms. The van der Waals surface area contributed by atoms with E-state index in [2.05, 4.69) is 0 Å². The zero-order valence-electron chi connectivity index (χ0n) is 9.76.